The molecule has 0 aromatic rings. The van der Waals surface area contributed by atoms with Crippen LogP contribution in [0.15, 0.2) is 25.3 Å². The van der Waals surface area contributed by atoms with E-state index in [2.05, 4.69) is 13.2 Å². The average Bonchev–Trinajstić information content (AvgIpc) is 2.64. The largest absolute Gasteiger partial charge is 0.482 e. The molecule has 0 bridgehead atoms. The standard InChI is InChI=1S/C19H34BNO4/c1-10-12-14-21(16(22)23-17(3,4)5)15(13-11-2)20-24-18(6,7)19(8,9)25-20/h10-11,15H,1-2,12-14H2,3-9H3. The van der Waals surface area contributed by atoms with Crippen molar-refractivity contribution in [1.82, 2.24) is 4.90 Å². The molecule has 1 saturated heterocycles. The van der Waals surface area contributed by atoms with Gasteiger partial charge in [-0.15, -0.1) is 13.2 Å². The molecule has 0 aromatic carbocycles. The van der Waals surface area contributed by atoms with E-state index >= 15 is 0 Å². The van der Waals surface area contributed by atoms with E-state index in [1.165, 1.54) is 0 Å². The number of nitrogens with zero attached hydrogens (tertiary/aromatic N) is 1. The summed E-state index contributed by atoms with van der Waals surface area (Å²) in [6, 6.07) is 0. The van der Waals surface area contributed by atoms with E-state index in [0.29, 0.717) is 19.4 Å². The SMILES string of the molecule is C=CCCN(C(=O)OC(C)(C)C)C(CC=C)B1OC(C)(C)C(C)(C)O1. The fourth-order valence-electron chi connectivity index (χ4n) is 2.55. The van der Waals surface area contributed by atoms with Crippen molar-refractivity contribution >= 4 is 13.2 Å². The molecule has 1 fully saturated rings. The van der Waals surface area contributed by atoms with Gasteiger partial charge in [0.25, 0.3) is 0 Å². The lowest BCUT2D eigenvalue weighted by Crippen LogP contribution is -2.52. The summed E-state index contributed by atoms with van der Waals surface area (Å²) in [4.78, 5) is 14.5. The fraction of sp³-hybridized carbons (Fsp3) is 0.737. The molecule has 1 atom stereocenters. The first-order chi connectivity index (χ1) is 11.3. The van der Waals surface area contributed by atoms with E-state index < -0.39 is 23.9 Å². The Morgan fingerprint density at radius 2 is 1.68 bits per heavy atom. The number of hydrogen-bond acceptors (Lipinski definition) is 4. The van der Waals surface area contributed by atoms with Gasteiger partial charge in [-0.3, -0.25) is 0 Å². The number of ether oxygens (including phenoxy) is 1. The van der Waals surface area contributed by atoms with Crippen molar-refractivity contribution in [3.8, 4) is 0 Å². The number of carbonyl (C=O) groups is 1. The highest BCUT2D eigenvalue weighted by molar-refractivity contribution is 6.48. The van der Waals surface area contributed by atoms with Gasteiger partial charge in [0.15, 0.2) is 0 Å². The minimum Gasteiger partial charge on any atom is -0.444 e. The molecule has 25 heavy (non-hydrogen) atoms. The summed E-state index contributed by atoms with van der Waals surface area (Å²) in [6.07, 6.45) is 4.39. The van der Waals surface area contributed by atoms with Crippen molar-refractivity contribution in [2.24, 2.45) is 0 Å². The molecule has 1 amide bonds. The van der Waals surface area contributed by atoms with Crippen LogP contribution in [0.2, 0.25) is 0 Å². The predicted octanol–water partition coefficient (Wildman–Crippen LogP) is 4.38. The Bertz CT molecular complexity index is 480. The molecule has 1 aliphatic rings. The molecule has 5 nitrogen and oxygen atoms in total. The Morgan fingerprint density at radius 3 is 2.08 bits per heavy atom. The van der Waals surface area contributed by atoms with E-state index in [9.17, 15) is 4.79 Å². The van der Waals surface area contributed by atoms with E-state index in [0.717, 1.165) is 0 Å². The van der Waals surface area contributed by atoms with Crippen LogP contribution in [-0.4, -0.2) is 47.4 Å². The number of amides is 1. The molecular weight excluding hydrogens is 317 g/mol. The second-order valence-electron chi connectivity index (χ2n) is 8.47. The molecule has 0 spiro atoms. The molecule has 142 valence electrons. The van der Waals surface area contributed by atoms with Crippen LogP contribution in [0.25, 0.3) is 0 Å². The maximum Gasteiger partial charge on any atom is 0.482 e. The lowest BCUT2D eigenvalue weighted by molar-refractivity contribution is 0.00578. The third-order valence-corrected chi connectivity index (χ3v) is 4.60. The van der Waals surface area contributed by atoms with Crippen LogP contribution in [-0.2, 0) is 14.0 Å². The van der Waals surface area contributed by atoms with Crippen molar-refractivity contribution in [3.05, 3.63) is 25.3 Å². The maximum absolute atomic E-state index is 12.8. The molecule has 1 unspecified atom stereocenters. The van der Waals surface area contributed by atoms with Crippen LogP contribution in [0.4, 0.5) is 4.79 Å². The molecule has 1 rings (SSSR count). The lowest BCUT2D eigenvalue weighted by atomic mass is 9.75. The molecule has 1 heterocycles. The highest BCUT2D eigenvalue weighted by Crippen LogP contribution is 2.39. The van der Waals surface area contributed by atoms with Gasteiger partial charge < -0.3 is 18.9 Å². The molecule has 0 aliphatic carbocycles. The van der Waals surface area contributed by atoms with Crippen molar-refractivity contribution in [1.29, 1.82) is 0 Å². The summed E-state index contributed by atoms with van der Waals surface area (Å²) in [5.41, 5.74) is -1.50. The monoisotopic (exact) mass is 351 g/mol. The summed E-state index contributed by atoms with van der Waals surface area (Å²) in [5.74, 6) is -0.312. The van der Waals surface area contributed by atoms with Gasteiger partial charge in [0.05, 0.1) is 17.1 Å². The van der Waals surface area contributed by atoms with Crippen LogP contribution in [0.1, 0.15) is 61.3 Å². The topological polar surface area (TPSA) is 48.0 Å². The van der Waals surface area contributed by atoms with Gasteiger partial charge in [-0.2, -0.15) is 0 Å². The van der Waals surface area contributed by atoms with Crippen LogP contribution in [0.3, 0.4) is 0 Å². The predicted molar refractivity (Wildman–Crippen MR) is 102 cm³/mol. The Kier molecular flexibility index (Phi) is 6.93. The van der Waals surface area contributed by atoms with Gasteiger partial charge in [0.2, 0.25) is 0 Å². The Labute approximate surface area is 153 Å². The van der Waals surface area contributed by atoms with Crippen LogP contribution in [0, 0.1) is 0 Å². The summed E-state index contributed by atoms with van der Waals surface area (Å²) in [7, 11) is -0.541. The normalized spacial score (nSPS) is 20.0. The molecular formula is C19H34BNO4. The van der Waals surface area contributed by atoms with Crippen molar-refractivity contribution in [3.63, 3.8) is 0 Å². The Hall–Kier alpha value is -1.27. The van der Waals surface area contributed by atoms with Gasteiger partial charge in [-0.1, -0.05) is 12.2 Å². The first kappa shape index (κ1) is 21.8. The second kappa shape index (κ2) is 7.96. The van der Waals surface area contributed by atoms with Gasteiger partial charge in [-0.05, 0) is 61.3 Å². The first-order valence-electron chi connectivity index (χ1n) is 8.91. The smallest absolute Gasteiger partial charge is 0.444 e. The zero-order chi connectivity index (χ0) is 19.5. The van der Waals surface area contributed by atoms with Crippen molar-refractivity contribution in [2.75, 3.05) is 6.54 Å². The highest BCUT2D eigenvalue weighted by Gasteiger charge is 2.55. The fourth-order valence-corrected chi connectivity index (χ4v) is 2.55. The summed E-state index contributed by atoms with van der Waals surface area (Å²) in [5, 5.41) is 0. The summed E-state index contributed by atoms with van der Waals surface area (Å²) < 4.78 is 17.9. The minimum absolute atomic E-state index is 0.312. The van der Waals surface area contributed by atoms with E-state index in [1.54, 1.807) is 17.1 Å². The van der Waals surface area contributed by atoms with Gasteiger partial charge in [-0.25, -0.2) is 4.79 Å². The lowest BCUT2D eigenvalue weighted by Gasteiger charge is -2.34. The Balaban J connectivity index is 3.10. The van der Waals surface area contributed by atoms with Crippen LogP contribution in [0.5, 0.6) is 0 Å². The summed E-state index contributed by atoms with van der Waals surface area (Å²) in [6.45, 7) is 21.6. The van der Waals surface area contributed by atoms with Crippen molar-refractivity contribution in [2.45, 2.75) is 84.1 Å². The minimum atomic E-state index is -0.571. The van der Waals surface area contributed by atoms with Gasteiger partial charge >= 0.3 is 13.2 Å². The van der Waals surface area contributed by atoms with Gasteiger partial charge in [0, 0.05) is 6.54 Å². The zero-order valence-electron chi connectivity index (χ0n) is 16.9. The molecule has 6 heteroatoms. The van der Waals surface area contributed by atoms with Crippen LogP contribution < -0.4 is 0 Å². The number of hydrogen-bond donors (Lipinski definition) is 0. The Morgan fingerprint density at radius 1 is 1.16 bits per heavy atom. The second-order valence-corrected chi connectivity index (χ2v) is 8.47. The summed E-state index contributed by atoms with van der Waals surface area (Å²) >= 11 is 0. The molecule has 1 aliphatic heterocycles. The van der Waals surface area contributed by atoms with Gasteiger partial charge in [0.1, 0.15) is 5.60 Å². The van der Waals surface area contributed by atoms with Crippen molar-refractivity contribution < 1.29 is 18.8 Å². The quantitative estimate of drug-likeness (QED) is 0.505. The van der Waals surface area contributed by atoms with E-state index in [-0.39, 0.29) is 12.0 Å². The van der Waals surface area contributed by atoms with E-state index in [1.807, 2.05) is 48.5 Å². The third-order valence-electron chi connectivity index (χ3n) is 4.60. The molecule has 0 aromatic heterocycles. The highest BCUT2D eigenvalue weighted by atomic mass is 16.7. The van der Waals surface area contributed by atoms with E-state index in [4.69, 9.17) is 14.0 Å². The first-order valence-corrected chi connectivity index (χ1v) is 8.91. The zero-order valence-corrected chi connectivity index (χ0v) is 16.9. The molecule has 0 radical (unpaired) electrons. The number of carbonyl (C=O) groups excluding carboxylic acids is 1. The average molecular weight is 351 g/mol. The van der Waals surface area contributed by atoms with Crippen LogP contribution >= 0.6 is 0 Å². The molecule has 0 saturated carbocycles. The maximum atomic E-state index is 12.8. The third kappa shape index (κ3) is 5.61. The molecule has 0 N–H and O–H groups in total. The number of rotatable bonds is 7.